The summed E-state index contributed by atoms with van der Waals surface area (Å²) in [5.74, 6) is -2.16. The molecule has 2 fully saturated rings. The van der Waals surface area contributed by atoms with Gasteiger partial charge in [-0.2, -0.15) is 4.39 Å². The summed E-state index contributed by atoms with van der Waals surface area (Å²) < 4.78 is 33.4. The molecule has 1 heterocycles. The molecular formula is C23H24BrF2N3O4. The van der Waals surface area contributed by atoms with Crippen molar-refractivity contribution in [3.05, 3.63) is 68.2 Å². The molecule has 1 aliphatic carbocycles. The predicted molar refractivity (Wildman–Crippen MR) is 122 cm³/mol. The summed E-state index contributed by atoms with van der Waals surface area (Å²) >= 11 is 2.71. The lowest BCUT2D eigenvalue weighted by atomic mass is 9.86. The van der Waals surface area contributed by atoms with E-state index in [4.69, 9.17) is 4.74 Å². The molecule has 7 nitrogen and oxygen atoms in total. The number of amides is 1. The van der Waals surface area contributed by atoms with Crippen LogP contribution in [0.2, 0.25) is 0 Å². The maximum Gasteiger partial charge on any atom is 0.411 e. The first-order chi connectivity index (χ1) is 15.6. The molecule has 1 amide bonds. The highest BCUT2D eigenvalue weighted by Crippen LogP contribution is 2.45. The van der Waals surface area contributed by atoms with Crippen molar-refractivity contribution in [2.45, 2.75) is 63.3 Å². The molecule has 1 atom stereocenters. The molecule has 176 valence electrons. The Hall–Kier alpha value is -2.75. The number of anilines is 1. The molecule has 1 saturated heterocycles. The van der Waals surface area contributed by atoms with Gasteiger partial charge in [0.2, 0.25) is 5.82 Å². The monoisotopic (exact) mass is 523 g/mol. The first kappa shape index (κ1) is 23.4. The van der Waals surface area contributed by atoms with Gasteiger partial charge in [0.1, 0.15) is 17.1 Å². The molecule has 33 heavy (non-hydrogen) atoms. The molecule has 1 aliphatic heterocycles. The fourth-order valence-corrected chi connectivity index (χ4v) is 5.23. The summed E-state index contributed by atoms with van der Waals surface area (Å²) in [6.45, 7) is 3.79. The van der Waals surface area contributed by atoms with Crippen LogP contribution in [0.15, 0.2) is 40.9 Å². The van der Waals surface area contributed by atoms with Crippen molar-refractivity contribution < 1.29 is 23.2 Å². The number of benzene rings is 2. The molecule has 0 aromatic heterocycles. The molecule has 10 heteroatoms. The van der Waals surface area contributed by atoms with Crippen molar-refractivity contribution in [1.82, 2.24) is 4.90 Å². The van der Waals surface area contributed by atoms with Crippen molar-refractivity contribution >= 4 is 33.4 Å². The lowest BCUT2D eigenvalue weighted by Gasteiger charge is -2.38. The first-order valence-electron chi connectivity index (χ1n) is 10.7. The molecule has 2 aromatic carbocycles. The van der Waals surface area contributed by atoms with Crippen LogP contribution in [0.25, 0.3) is 0 Å². The van der Waals surface area contributed by atoms with Crippen LogP contribution in [-0.2, 0) is 4.74 Å². The minimum atomic E-state index is -1.25. The fourth-order valence-electron chi connectivity index (χ4n) is 4.92. The van der Waals surface area contributed by atoms with Crippen molar-refractivity contribution in [2.24, 2.45) is 0 Å². The molecular weight excluding hydrogens is 500 g/mol. The summed E-state index contributed by atoms with van der Waals surface area (Å²) in [6, 6.07) is 10.1. The number of rotatable bonds is 5. The first-order valence-corrected chi connectivity index (χ1v) is 11.5. The van der Waals surface area contributed by atoms with E-state index in [0.717, 1.165) is 11.6 Å². The Morgan fingerprint density at radius 2 is 1.82 bits per heavy atom. The van der Waals surface area contributed by atoms with E-state index in [0.29, 0.717) is 25.7 Å². The Morgan fingerprint density at radius 1 is 1.18 bits per heavy atom. The van der Waals surface area contributed by atoms with Gasteiger partial charge in [0.05, 0.1) is 15.4 Å². The Morgan fingerprint density at radius 3 is 2.42 bits per heavy atom. The molecule has 0 radical (unpaired) electrons. The van der Waals surface area contributed by atoms with Crippen molar-refractivity contribution in [3.63, 3.8) is 0 Å². The van der Waals surface area contributed by atoms with E-state index < -0.39 is 32.3 Å². The molecule has 1 saturated carbocycles. The van der Waals surface area contributed by atoms with Gasteiger partial charge in [0, 0.05) is 18.2 Å². The van der Waals surface area contributed by atoms with Crippen molar-refractivity contribution in [3.8, 4) is 0 Å². The fraction of sp³-hybridized carbons (Fsp3) is 0.435. The van der Waals surface area contributed by atoms with Gasteiger partial charge in [-0.25, -0.2) is 9.18 Å². The number of nitrogens with one attached hydrogen (secondary N) is 1. The van der Waals surface area contributed by atoms with Crippen LogP contribution in [0, 0.1) is 21.7 Å². The number of cyclic esters (lactones) is 1. The van der Waals surface area contributed by atoms with Crippen molar-refractivity contribution in [2.75, 3.05) is 5.32 Å². The molecule has 1 N–H and O–H groups in total. The second-order valence-electron chi connectivity index (χ2n) is 8.98. The summed E-state index contributed by atoms with van der Waals surface area (Å²) in [5, 5.41) is 14.3. The smallest absolute Gasteiger partial charge is 0.411 e. The van der Waals surface area contributed by atoms with E-state index in [-0.39, 0.29) is 29.9 Å². The number of carbonyl (C=O) groups excluding carboxylic acids is 1. The van der Waals surface area contributed by atoms with Gasteiger partial charge < -0.3 is 10.1 Å². The molecule has 0 spiro atoms. The molecule has 4 rings (SSSR count). The standard InChI is InChI=1S/C23H24BrF2N3O4/c1-23(2)21(13-6-4-3-5-7-13)28(22(30)33-23)15-10-8-14(9-11-15)27-17-12-16(25)18(24)19(26)20(17)29(31)32/h3-7,12,14-15,21,27H,8-11H2,1-2H3. The van der Waals surface area contributed by atoms with Gasteiger partial charge in [-0.3, -0.25) is 15.0 Å². The van der Waals surface area contributed by atoms with Gasteiger partial charge in [-0.05, 0) is 61.0 Å². The quantitative estimate of drug-likeness (QED) is 0.281. The number of ether oxygens (including phenoxy) is 1. The van der Waals surface area contributed by atoms with Crippen molar-refractivity contribution in [1.29, 1.82) is 0 Å². The maximum atomic E-state index is 14.3. The van der Waals surface area contributed by atoms with Gasteiger partial charge >= 0.3 is 11.8 Å². The number of nitrogens with zero attached hydrogens (tertiary/aromatic N) is 2. The normalized spacial score (nSPS) is 24.5. The number of hydrogen-bond acceptors (Lipinski definition) is 5. The summed E-state index contributed by atoms with van der Waals surface area (Å²) in [5.41, 5.74) is -0.685. The second-order valence-corrected chi connectivity index (χ2v) is 9.77. The SMILES string of the molecule is CC1(C)OC(=O)N(C2CCC(Nc3cc(F)c(Br)c(F)c3[N+](=O)[O-])CC2)C1c1ccccc1. The Balaban J connectivity index is 1.50. The van der Waals surface area contributed by atoms with Gasteiger partial charge in [0.15, 0.2) is 0 Å². The van der Waals surface area contributed by atoms with E-state index >= 15 is 0 Å². The third kappa shape index (κ3) is 4.40. The lowest BCUT2D eigenvalue weighted by Crippen LogP contribution is -2.44. The summed E-state index contributed by atoms with van der Waals surface area (Å²) in [6.07, 6.45) is 2.04. The minimum absolute atomic E-state index is 0.0732. The third-order valence-corrected chi connectivity index (χ3v) is 7.11. The van der Waals surface area contributed by atoms with Gasteiger partial charge in [-0.1, -0.05) is 30.3 Å². The van der Waals surface area contributed by atoms with Crippen LogP contribution in [0.1, 0.15) is 51.1 Å². The zero-order valence-electron chi connectivity index (χ0n) is 18.2. The zero-order valence-corrected chi connectivity index (χ0v) is 19.8. The van der Waals surface area contributed by atoms with Gasteiger partial charge in [0.25, 0.3) is 0 Å². The number of hydrogen-bond donors (Lipinski definition) is 1. The second kappa shape index (κ2) is 8.89. The topological polar surface area (TPSA) is 84.7 Å². The van der Waals surface area contributed by atoms with Crippen LogP contribution in [0.3, 0.4) is 0 Å². The highest BCUT2D eigenvalue weighted by atomic mass is 79.9. The van der Waals surface area contributed by atoms with E-state index in [1.165, 1.54) is 0 Å². The van der Waals surface area contributed by atoms with Gasteiger partial charge in [-0.15, -0.1) is 0 Å². The summed E-state index contributed by atoms with van der Waals surface area (Å²) in [7, 11) is 0. The van der Waals surface area contributed by atoms with E-state index in [1.807, 2.05) is 44.2 Å². The van der Waals surface area contributed by atoms with E-state index in [9.17, 15) is 23.7 Å². The highest BCUT2D eigenvalue weighted by Gasteiger charge is 2.51. The molecule has 1 unspecified atom stereocenters. The van der Waals surface area contributed by atoms with E-state index in [2.05, 4.69) is 21.2 Å². The van der Waals surface area contributed by atoms with Crippen LogP contribution < -0.4 is 5.32 Å². The average Bonchev–Trinajstić information content (AvgIpc) is 3.01. The molecule has 0 bridgehead atoms. The number of halogens is 3. The van der Waals surface area contributed by atoms with Crippen LogP contribution in [0.4, 0.5) is 25.0 Å². The maximum absolute atomic E-state index is 14.3. The minimum Gasteiger partial charge on any atom is -0.441 e. The highest BCUT2D eigenvalue weighted by molar-refractivity contribution is 9.10. The van der Waals surface area contributed by atoms with Crippen LogP contribution >= 0.6 is 15.9 Å². The van der Waals surface area contributed by atoms with Crippen LogP contribution in [0.5, 0.6) is 0 Å². The third-order valence-electron chi connectivity index (χ3n) is 6.38. The number of nitro groups is 1. The number of nitro benzene ring substituents is 1. The summed E-state index contributed by atoms with van der Waals surface area (Å²) in [4.78, 5) is 25.1. The lowest BCUT2D eigenvalue weighted by molar-refractivity contribution is -0.386. The Labute approximate surface area is 198 Å². The molecule has 2 aromatic rings. The molecule has 2 aliphatic rings. The average molecular weight is 524 g/mol. The number of carbonyl (C=O) groups is 1. The zero-order chi connectivity index (χ0) is 23.9. The Kier molecular flexibility index (Phi) is 6.30. The predicted octanol–water partition coefficient (Wildman–Crippen LogP) is 6.33. The van der Waals surface area contributed by atoms with E-state index in [1.54, 1.807) is 4.90 Å². The Bertz CT molecular complexity index is 1080. The largest absolute Gasteiger partial charge is 0.441 e. The van der Waals surface area contributed by atoms with Crippen LogP contribution in [-0.4, -0.2) is 33.6 Å².